The third kappa shape index (κ3) is 5.45. The van der Waals surface area contributed by atoms with E-state index in [1.807, 2.05) is 13.8 Å². The van der Waals surface area contributed by atoms with E-state index >= 15 is 0 Å². The molecule has 2 rings (SSSR count). The van der Waals surface area contributed by atoms with Crippen LogP contribution in [0.2, 0.25) is 0 Å². The van der Waals surface area contributed by atoms with Crippen molar-refractivity contribution < 1.29 is 29.4 Å². The average molecular weight is 412 g/mol. The standard InChI is InChI=1S/C19H32N4O6/c1-11(2)9-13(18(27)23-8-4-6-15(23)19(28)29)21-16(25)14-5-3-7-22(14)17(26)12(20)10-24/h11-15,24H,3-10,20H2,1-2H3,(H,21,25)(H,28,29). The zero-order chi connectivity index (χ0) is 21.7. The second kappa shape index (κ2) is 10.0. The lowest BCUT2D eigenvalue weighted by Crippen LogP contribution is -2.57. The monoisotopic (exact) mass is 412 g/mol. The van der Waals surface area contributed by atoms with Crippen molar-refractivity contribution in [2.24, 2.45) is 11.7 Å². The van der Waals surface area contributed by atoms with Gasteiger partial charge in [-0.3, -0.25) is 14.4 Å². The molecule has 0 saturated carbocycles. The number of nitrogens with one attached hydrogen (secondary N) is 1. The Morgan fingerprint density at radius 1 is 1.03 bits per heavy atom. The van der Waals surface area contributed by atoms with Gasteiger partial charge in [-0.25, -0.2) is 4.79 Å². The molecule has 2 heterocycles. The van der Waals surface area contributed by atoms with Crippen molar-refractivity contribution in [1.29, 1.82) is 0 Å². The maximum absolute atomic E-state index is 13.0. The predicted octanol–water partition coefficient (Wildman–Crippen LogP) is -1.10. The Balaban J connectivity index is 2.12. The first kappa shape index (κ1) is 23.1. The fraction of sp³-hybridized carbons (Fsp3) is 0.789. The predicted molar refractivity (Wildman–Crippen MR) is 104 cm³/mol. The number of rotatable bonds is 8. The van der Waals surface area contributed by atoms with Crippen molar-refractivity contribution in [3.05, 3.63) is 0 Å². The molecule has 3 amide bonds. The van der Waals surface area contributed by atoms with Crippen LogP contribution in [-0.4, -0.2) is 87.6 Å². The number of carboxylic acid groups (broad SMARTS) is 1. The van der Waals surface area contributed by atoms with Crippen molar-refractivity contribution in [3.63, 3.8) is 0 Å². The van der Waals surface area contributed by atoms with Crippen molar-refractivity contribution >= 4 is 23.7 Å². The first-order valence-electron chi connectivity index (χ1n) is 10.2. The highest BCUT2D eigenvalue weighted by atomic mass is 16.4. The molecule has 2 aliphatic rings. The van der Waals surface area contributed by atoms with E-state index in [0.29, 0.717) is 45.2 Å². The Labute approximate surface area is 170 Å². The minimum absolute atomic E-state index is 0.0965. The fourth-order valence-electron chi connectivity index (χ4n) is 4.04. The maximum atomic E-state index is 13.0. The summed E-state index contributed by atoms with van der Waals surface area (Å²) < 4.78 is 0. The van der Waals surface area contributed by atoms with Gasteiger partial charge in [0.1, 0.15) is 24.2 Å². The van der Waals surface area contributed by atoms with Crippen LogP contribution in [-0.2, 0) is 19.2 Å². The summed E-state index contributed by atoms with van der Waals surface area (Å²) in [6.45, 7) is 4.03. The molecule has 0 aromatic heterocycles. The molecule has 2 saturated heterocycles. The number of aliphatic hydroxyl groups is 1. The van der Waals surface area contributed by atoms with E-state index in [1.165, 1.54) is 9.80 Å². The number of aliphatic carboxylic acids is 1. The Kier molecular flexibility index (Phi) is 7.97. The highest BCUT2D eigenvalue weighted by molar-refractivity contribution is 5.94. The van der Waals surface area contributed by atoms with Crippen molar-refractivity contribution in [3.8, 4) is 0 Å². The van der Waals surface area contributed by atoms with Gasteiger partial charge in [0.2, 0.25) is 17.7 Å². The first-order valence-corrected chi connectivity index (χ1v) is 10.2. The number of carbonyl (C=O) groups is 4. The van der Waals surface area contributed by atoms with Crippen LogP contribution < -0.4 is 11.1 Å². The van der Waals surface area contributed by atoms with Gasteiger partial charge >= 0.3 is 5.97 Å². The van der Waals surface area contributed by atoms with E-state index < -0.39 is 54.5 Å². The third-order valence-electron chi connectivity index (χ3n) is 5.50. The highest BCUT2D eigenvalue weighted by Gasteiger charge is 2.40. The van der Waals surface area contributed by atoms with E-state index in [0.717, 1.165) is 0 Å². The molecule has 0 aromatic rings. The lowest BCUT2D eigenvalue weighted by atomic mass is 10.0. The summed E-state index contributed by atoms with van der Waals surface area (Å²) in [7, 11) is 0. The summed E-state index contributed by atoms with van der Waals surface area (Å²) in [4.78, 5) is 52.4. The minimum atomic E-state index is -1.09. The van der Waals surface area contributed by atoms with E-state index in [-0.39, 0.29) is 5.92 Å². The van der Waals surface area contributed by atoms with E-state index in [1.54, 1.807) is 0 Å². The molecule has 29 heavy (non-hydrogen) atoms. The van der Waals surface area contributed by atoms with Crippen LogP contribution >= 0.6 is 0 Å². The van der Waals surface area contributed by atoms with Gasteiger partial charge in [-0.05, 0) is 38.0 Å². The molecule has 2 aliphatic heterocycles. The zero-order valence-corrected chi connectivity index (χ0v) is 17.0. The van der Waals surface area contributed by atoms with Gasteiger partial charge in [0.05, 0.1) is 6.61 Å². The number of likely N-dealkylation sites (tertiary alicyclic amines) is 2. The molecule has 10 heteroatoms. The summed E-state index contributed by atoms with van der Waals surface area (Å²) in [5.41, 5.74) is 5.61. The number of carboxylic acids is 1. The second-order valence-corrected chi connectivity index (χ2v) is 8.20. The normalized spacial score (nSPS) is 23.9. The molecule has 4 unspecified atom stereocenters. The third-order valence-corrected chi connectivity index (χ3v) is 5.50. The van der Waals surface area contributed by atoms with Crippen molar-refractivity contribution in [2.45, 2.75) is 70.1 Å². The van der Waals surface area contributed by atoms with Crippen LogP contribution in [0.15, 0.2) is 0 Å². The summed E-state index contributed by atoms with van der Waals surface area (Å²) in [6.07, 6.45) is 2.43. The van der Waals surface area contributed by atoms with Crippen LogP contribution in [0.1, 0.15) is 46.0 Å². The Bertz CT molecular complexity index is 640. The molecule has 0 aromatic carbocycles. The van der Waals surface area contributed by atoms with E-state index in [9.17, 15) is 24.3 Å². The molecule has 164 valence electrons. The van der Waals surface area contributed by atoms with Crippen molar-refractivity contribution in [1.82, 2.24) is 15.1 Å². The Morgan fingerprint density at radius 2 is 1.59 bits per heavy atom. The Morgan fingerprint density at radius 3 is 2.10 bits per heavy atom. The molecule has 0 aliphatic carbocycles. The molecular formula is C19H32N4O6. The smallest absolute Gasteiger partial charge is 0.326 e. The lowest BCUT2D eigenvalue weighted by molar-refractivity contribution is -0.150. The van der Waals surface area contributed by atoms with Crippen LogP contribution in [0, 0.1) is 5.92 Å². The van der Waals surface area contributed by atoms with Gasteiger partial charge in [0.25, 0.3) is 0 Å². The number of nitrogens with zero attached hydrogens (tertiary/aromatic N) is 2. The molecule has 0 bridgehead atoms. The first-order chi connectivity index (χ1) is 13.7. The summed E-state index contributed by atoms with van der Waals surface area (Å²) in [5.74, 6) is -2.30. The number of aliphatic hydroxyl groups excluding tert-OH is 1. The van der Waals surface area contributed by atoms with Gasteiger partial charge in [-0.1, -0.05) is 13.8 Å². The summed E-state index contributed by atoms with van der Waals surface area (Å²) >= 11 is 0. The summed E-state index contributed by atoms with van der Waals surface area (Å²) in [6, 6.07) is -3.57. The Hall–Kier alpha value is -2.20. The molecule has 4 atom stereocenters. The number of carbonyl (C=O) groups excluding carboxylic acids is 3. The van der Waals surface area contributed by atoms with Crippen LogP contribution in [0.5, 0.6) is 0 Å². The molecule has 10 nitrogen and oxygen atoms in total. The quantitative estimate of drug-likeness (QED) is 0.395. The number of hydrogen-bond donors (Lipinski definition) is 4. The molecule has 5 N–H and O–H groups in total. The highest BCUT2D eigenvalue weighted by Crippen LogP contribution is 2.22. The molecule has 0 spiro atoms. The van der Waals surface area contributed by atoms with Crippen LogP contribution in [0.4, 0.5) is 0 Å². The SMILES string of the molecule is CC(C)CC(NC(=O)C1CCCN1C(=O)C(N)CO)C(=O)N1CCCC1C(=O)O. The number of nitrogens with two attached hydrogens (primary N) is 1. The number of hydrogen-bond acceptors (Lipinski definition) is 6. The largest absolute Gasteiger partial charge is 0.480 e. The second-order valence-electron chi connectivity index (χ2n) is 8.20. The number of amides is 3. The van der Waals surface area contributed by atoms with Crippen LogP contribution in [0.3, 0.4) is 0 Å². The minimum Gasteiger partial charge on any atom is -0.480 e. The zero-order valence-electron chi connectivity index (χ0n) is 17.0. The van der Waals surface area contributed by atoms with Gasteiger partial charge in [0, 0.05) is 13.1 Å². The average Bonchev–Trinajstić information content (AvgIpc) is 3.34. The topological polar surface area (TPSA) is 153 Å². The van der Waals surface area contributed by atoms with E-state index in [4.69, 9.17) is 10.8 Å². The molecule has 2 fully saturated rings. The molecule has 0 radical (unpaired) electrons. The molecular weight excluding hydrogens is 380 g/mol. The summed E-state index contributed by atoms with van der Waals surface area (Å²) in [5, 5.41) is 21.2. The van der Waals surface area contributed by atoms with Gasteiger partial charge in [-0.2, -0.15) is 0 Å². The van der Waals surface area contributed by atoms with Gasteiger partial charge in [0.15, 0.2) is 0 Å². The fourth-order valence-corrected chi connectivity index (χ4v) is 4.04. The van der Waals surface area contributed by atoms with Gasteiger partial charge < -0.3 is 31.1 Å². The van der Waals surface area contributed by atoms with Gasteiger partial charge in [-0.15, -0.1) is 0 Å². The van der Waals surface area contributed by atoms with Crippen LogP contribution in [0.25, 0.3) is 0 Å². The lowest BCUT2D eigenvalue weighted by Gasteiger charge is -2.31. The maximum Gasteiger partial charge on any atom is 0.326 e. The van der Waals surface area contributed by atoms with E-state index in [2.05, 4.69) is 5.32 Å². The van der Waals surface area contributed by atoms with Crippen molar-refractivity contribution in [2.75, 3.05) is 19.7 Å².